The van der Waals surface area contributed by atoms with Crippen LogP contribution in [0, 0.1) is 5.82 Å². The van der Waals surface area contributed by atoms with Crippen molar-refractivity contribution in [3.8, 4) is 5.75 Å². The quantitative estimate of drug-likeness (QED) is 0.699. The van der Waals surface area contributed by atoms with E-state index in [0.717, 1.165) is 5.56 Å². The molecule has 1 atom stereocenters. The van der Waals surface area contributed by atoms with Crippen molar-refractivity contribution in [3.63, 3.8) is 0 Å². The highest BCUT2D eigenvalue weighted by Gasteiger charge is 2.26. The molecule has 4 heteroatoms. The van der Waals surface area contributed by atoms with Crippen LogP contribution in [0.5, 0.6) is 5.75 Å². The van der Waals surface area contributed by atoms with Crippen LogP contribution >= 0.6 is 0 Å². The number of methoxy groups -OCH3 is 1. The molecule has 0 saturated heterocycles. The van der Waals surface area contributed by atoms with Gasteiger partial charge < -0.3 is 9.47 Å². The second-order valence-electron chi connectivity index (χ2n) is 3.47. The van der Waals surface area contributed by atoms with Crippen molar-refractivity contribution in [2.45, 2.75) is 12.3 Å². The zero-order valence-electron chi connectivity index (χ0n) is 8.33. The van der Waals surface area contributed by atoms with Crippen LogP contribution in [-0.4, -0.2) is 19.7 Å². The average Bonchev–Trinajstić information content (AvgIpc) is 2.61. The molecular weight excluding hydrogens is 199 g/mol. The Kier molecular flexibility index (Phi) is 2.58. The third kappa shape index (κ3) is 1.93. The number of ether oxygens (including phenoxy) is 2. The van der Waals surface area contributed by atoms with E-state index in [-0.39, 0.29) is 24.1 Å². The SMILES string of the molecule is COC(=O)C[C@H]1COc2ccc(F)cc21. The molecular formula is C11H11FO3. The van der Waals surface area contributed by atoms with Gasteiger partial charge in [0, 0.05) is 11.5 Å². The van der Waals surface area contributed by atoms with E-state index in [1.54, 1.807) is 6.07 Å². The standard InChI is InChI=1S/C11H11FO3/c1-14-11(13)4-7-6-15-10-3-2-8(12)5-9(7)10/h2-3,5,7H,4,6H2,1H3/t7-/m0/s1. The van der Waals surface area contributed by atoms with E-state index in [1.165, 1.54) is 19.2 Å². The minimum Gasteiger partial charge on any atom is -0.493 e. The highest BCUT2D eigenvalue weighted by molar-refractivity contribution is 5.71. The molecule has 3 nitrogen and oxygen atoms in total. The van der Waals surface area contributed by atoms with Crippen molar-refractivity contribution < 1.29 is 18.7 Å². The lowest BCUT2D eigenvalue weighted by atomic mass is 9.98. The Hall–Kier alpha value is -1.58. The van der Waals surface area contributed by atoms with Crippen LogP contribution in [0.2, 0.25) is 0 Å². The number of carbonyl (C=O) groups excluding carboxylic acids is 1. The van der Waals surface area contributed by atoms with Crippen molar-refractivity contribution in [1.82, 2.24) is 0 Å². The van der Waals surface area contributed by atoms with Gasteiger partial charge in [0.05, 0.1) is 20.1 Å². The van der Waals surface area contributed by atoms with Crippen LogP contribution in [-0.2, 0) is 9.53 Å². The van der Waals surface area contributed by atoms with Gasteiger partial charge in [0.15, 0.2) is 0 Å². The molecule has 1 aromatic carbocycles. The molecule has 0 N–H and O–H groups in total. The Morgan fingerprint density at radius 1 is 1.67 bits per heavy atom. The van der Waals surface area contributed by atoms with Gasteiger partial charge in [-0.2, -0.15) is 0 Å². The summed E-state index contributed by atoms with van der Waals surface area (Å²) >= 11 is 0. The Balaban J connectivity index is 2.20. The summed E-state index contributed by atoms with van der Waals surface area (Å²) in [4.78, 5) is 11.1. The zero-order valence-corrected chi connectivity index (χ0v) is 8.33. The van der Waals surface area contributed by atoms with Crippen LogP contribution in [0.15, 0.2) is 18.2 Å². The molecule has 0 radical (unpaired) electrons. The summed E-state index contributed by atoms with van der Waals surface area (Å²) in [6.45, 7) is 0.411. The predicted molar refractivity (Wildman–Crippen MR) is 51.3 cm³/mol. The van der Waals surface area contributed by atoms with Crippen LogP contribution in [0.25, 0.3) is 0 Å². The van der Waals surface area contributed by atoms with E-state index in [4.69, 9.17) is 4.74 Å². The van der Waals surface area contributed by atoms with Gasteiger partial charge in [0.1, 0.15) is 11.6 Å². The summed E-state index contributed by atoms with van der Waals surface area (Å²) in [6, 6.07) is 4.34. The van der Waals surface area contributed by atoms with Gasteiger partial charge in [-0.3, -0.25) is 4.79 Å². The monoisotopic (exact) mass is 210 g/mol. The Labute approximate surface area is 86.8 Å². The molecule has 80 valence electrons. The molecule has 2 rings (SSSR count). The van der Waals surface area contributed by atoms with Gasteiger partial charge in [-0.05, 0) is 18.2 Å². The van der Waals surface area contributed by atoms with Gasteiger partial charge >= 0.3 is 5.97 Å². The van der Waals surface area contributed by atoms with E-state index in [1.807, 2.05) is 0 Å². The van der Waals surface area contributed by atoms with Gasteiger partial charge in [-0.1, -0.05) is 0 Å². The Morgan fingerprint density at radius 2 is 2.47 bits per heavy atom. The van der Waals surface area contributed by atoms with Gasteiger partial charge in [-0.25, -0.2) is 4.39 Å². The number of carbonyl (C=O) groups is 1. The first-order valence-electron chi connectivity index (χ1n) is 4.70. The van der Waals surface area contributed by atoms with Gasteiger partial charge in [-0.15, -0.1) is 0 Å². The van der Waals surface area contributed by atoms with Crippen LogP contribution in [0.4, 0.5) is 4.39 Å². The molecule has 0 aliphatic carbocycles. The second kappa shape index (κ2) is 3.88. The second-order valence-corrected chi connectivity index (χ2v) is 3.47. The first kappa shape index (κ1) is 9.96. The number of rotatable bonds is 2. The van der Waals surface area contributed by atoms with E-state index in [0.29, 0.717) is 12.4 Å². The summed E-state index contributed by atoms with van der Waals surface area (Å²) in [6.07, 6.45) is 0.229. The number of hydrogen-bond acceptors (Lipinski definition) is 3. The van der Waals surface area contributed by atoms with Crippen molar-refractivity contribution in [2.24, 2.45) is 0 Å². The molecule has 1 aliphatic heterocycles. The third-order valence-corrected chi connectivity index (χ3v) is 2.49. The molecule has 1 aliphatic rings. The number of halogens is 1. The molecule has 0 unspecified atom stereocenters. The van der Waals surface area contributed by atoms with E-state index >= 15 is 0 Å². The molecule has 1 aromatic rings. The minimum atomic E-state index is -0.311. The third-order valence-electron chi connectivity index (χ3n) is 2.49. The maximum atomic E-state index is 13.0. The summed E-state index contributed by atoms with van der Waals surface area (Å²) in [5, 5.41) is 0. The number of esters is 1. The smallest absolute Gasteiger partial charge is 0.306 e. The van der Waals surface area contributed by atoms with Crippen LogP contribution in [0.3, 0.4) is 0 Å². The molecule has 15 heavy (non-hydrogen) atoms. The molecule has 0 fully saturated rings. The van der Waals surface area contributed by atoms with Crippen molar-refractivity contribution in [3.05, 3.63) is 29.6 Å². The summed E-state index contributed by atoms with van der Waals surface area (Å²) < 4.78 is 22.9. The lowest BCUT2D eigenvalue weighted by molar-refractivity contribution is -0.141. The minimum absolute atomic E-state index is 0.0943. The molecule has 0 saturated carbocycles. The molecule has 0 spiro atoms. The van der Waals surface area contributed by atoms with Gasteiger partial charge in [0.2, 0.25) is 0 Å². The van der Waals surface area contributed by atoms with Crippen molar-refractivity contribution in [2.75, 3.05) is 13.7 Å². The molecule has 0 aromatic heterocycles. The fourth-order valence-corrected chi connectivity index (χ4v) is 1.70. The van der Waals surface area contributed by atoms with Gasteiger partial charge in [0.25, 0.3) is 0 Å². The average molecular weight is 210 g/mol. The molecule has 0 bridgehead atoms. The fourth-order valence-electron chi connectivity index (χ4n) is 1.70. The van der Waals surface area contributed by atoms with Crippen LogP contribution in [0.1, 0.15) is 17.9 Å². The maximum Gasteiger partial charge on any atom is 0.306 e. The number of hydrogen-bond donors (Lipinski definition) is 0. The normalized spacial score (nSPS) is 18.1. The molecule has 0 amide bonds. The Bertz CT molecular complexity index is 389. The zero-order chi connectivity index (χ0) is 10.8. The largest absolute Gasteiger partial charge is 0.493 e. The summed E-state index contributed by atoms with van der Waals surface area (Å²) in [7, 11) is 1.34. The van der Waals surface area contributed by atoms with Crippen molar-refractivity contribution in [1.29, 1.82) is 0 Å². The lowest BCUT2D eigenvalue weighted by Gasteiger charge is -2.06. The van der Waals surface area contributed by atoms with Crippen molar-refractivity contribution >= 4 is 5.97 Å². The topological polar surface area (TPSA) is 35.5 Å². The summed E-state index contributed by atoms with van der Waals surface area (Å²) in [5.74, 6) is -0.0525. The molecule has 1 heterocycles. The lowest BCUT2D eigenvalue weighted by Crippen LogP contribution is -2.09. The van der Waals surface area contributed by atoms with E-state index in [9.17, 15) is 9.18 Å². The maximum absolute atomic E-state index is 13.0. The number of benzene rings is 1. The summed E-state index contributed by atoms with van der Waals surface area (Å²) in [5.41, 5.74) is 0.750. The first-order valence-corrected chi connectivity index (χ1v) is 4.70. The van der Waals surface area contributed by atoms with E-state index in [2.05, 4.69) is 4.74 Å². The highest BCUT2D eigenvalue weighted by Crippen LogP contribution is 2.36. The van der Waals surface area contributed by atoms with Crippen LogP contribution < -0.4 is 4.74 Å². The Morgan fingerprint density at radius 3 is 3.20 bits per heavy atom. The first-order chi connectivity index (χ1) is 7.20. The fraction of sp³-hybridized carbons (Fsp3) is 0.364. The highest BCUT2D eigenvalue weighted by atomic mass is 19.1. The van der Waals surface area contributed by atoms with E-state index < -0.39 is 0 Å². The number of fused-ring (bicyclic) bond motifs is 1. The predicted octanol–water partition coefficient (Wildman–Crippen LogP) is 1.86.